The van der Waals surface area contributed by atoms with Crippen LogP contribution in [0.4, 0.5) is 0 Å². The van der Waals surface area contributed by atoms with Crippen molar-refractivity contribution in [3.05, 3.63) is 54.1 Å². The van der Waals surface area contributed by atoms with Gasteiger partial charge in [-0.05, 0) is 43.7 Å². The molecule has 1 aliphatic heterocycles. The van der Waals surface area contributed by atoms with Crippen LogP contribution in [0.15, 0.2) is 48.0 Å². The highest BCUT2D eigenvalue weighted by molar-refractivity contribution is 6.09. The van der Waals surface area contributed by atoms with Crippen molar-refractivity contribution in [1.82, 2.24) is 0 Å². The van der Waals surface area contributed by atoms with Crippen LogP contribution in [0.25, 0.3) is 28.0 Å². The molecular formula is C28H31NO6. The molecule has 1 heterocycles. The Kier molecular flexibility index (Phi) is 6.89. The van der Waals surface area contributed by atoms with Crippen molar-refractivity contribution < 1.29 is 28.4 Å². The fraction of sp³-hybridized carbons (Fsp3) is 0.321. The number of methoxy groups -OCH3 is 4. The number of hydrogen-bond acceptors (Lipinski definition) is 7. The van der Waals surface area contributed by atoms with Gasteiger partial charge in [0.15, 0.2) is 6.79 Å². The molecule has 0 radical (unpaired) electrons. The van der Waals surface area contributed by atoms with Crippen molar-refractivity contribution in [2.75, 3.05) is 41.8 Å². The minimum absolute atomic E-state index is 0.124. The van der Waals surface area contributed by atoms with Gasteiger partial charge in [0.2, 0.25) is 5.90 Å². The zero-order valence-electron chi connectivity index (χ0n) is 21.1. The summed E-state index contributed by atoms with van der Waals surface area (Å²) in [6.45, 7) is 8.61. The lowest BCUT2D eigenvalue weighted by Crippen LogP contribution is -2.17. The molecular weight excluding hydrogens is 446 g/mol. The van der Waals surface area contributed by atoms with Crippen LogP contribution in [0.5, 0.6) is 23.0 Å². The highest BCUT2D eigenvalue weighted by Gasteiger charge is 2.32. The molecule has 0 saturated heterocycles. The molecule has 3 aromatic carbocycles. The summed E-state index contributed by atoms with van der Waals surface area (Å²) in [6.07, 6.45) is 1.77. The van der Waals surface area contributed by atoms with Crippen LogP contribution in [0.3, 0.4) is 0 Å². The average molecular weight is 478 g/mol. The van der Waals surface area contributed by atoms with Crippen LogP contribution in [0, 0.1) is 0 Å². The Labute approximate surface area is 205 Å². The Balaban J connectivity index is 2.10. The third kappa shape index (κ3) is 4.51. The summed E-state index contributed by atoms with van der Waals surface area (Å²) in [5.41, 5.74) is 2.80. The van der Waals surface area contributed by atoms with E-state index in [1.54, 1.807) is 34.5 Å². The largest absolute Gasteiger partial charge is 0.496 e. The maximum atomic E-state index is 6.06. The van der Waals surface area contributed by atoms with Crippen LogP contribution in [-0.4, -0.2) is 53.3 Å². The van der Waals surface area contributed by atoms with E-state index in [-0.39, 0.29) is 12.3 Å². The van der Waals surface area contributed by atoms with Gasteiger partial charge >= 0.3 is 0 Å². The van der Waals surface area contributed by atoms with Crippen LogP contribution < -0.4 is 18.9 Å². The summed E-state index contributed by atoms with van der Waals surface area (Å²) in [6, 6.07) is 11.6. The number of benzene rings is 3. The average Bonchev–Trinajstić information content (AvgIpc) is 3.24. The predicted octanol–water partition coefficient (Wildman–Crippen LogP) is 5.71. The zero-order valence-corrected chi connectivity index (χ0v) is 21.1. The normalized spacial score (nSPS) is 14.3. The van der Waals surface area contributed by atoms with E-state index < -0.39 is 0 Å². The van der Waals surface area contributed by atoms with Crippen molar-refractivity contribution >= 4 is 22.7 Å². The lowest BCUT2D eigenvalue weighted by atomic mass is 9.92. The first-order chi connectivity index (χ1) is 16.9. The molecule has 0 unspecified atom stereocenters. The van der Waals surface area contributed by atoms with E-state index in [2.05, 4.69) is 6.58 Å². The third-order valence-corrected chi connectivity index (χ3v) is 5.84. The van der Waals surface area contributed by atoms with Gasteiger partial charge in [-0.25, -0.2) is 4.99 Å². The van der Waals surface area contributed by atoms with Gasteiger partial charge in [-0.3, -0.25) is 0 Å². The topological polar surface area (TPSA) is 67.7 Å². The number of ether oxygens (including phenoxy) is 6. The molecule has 0 bridgehead atoms. The van der Waals surface area contributed by atoms with E-state index in [4.69, 9.17) is 33.4 Å². The standard InChI is InChI=1S/C28H31NO6/c1-8-17-12-20(27-29-28(2,3)15-34-27)24(22(13-17)31-5)25-23(32-6)14-19-18(26(25)33-7)10-9-11-21(19)35-16-30-4/h8-14H,1,15-16H2,2-7H3. The second-order valence-corrected chi connectivity index (χ2v) is 8.76. The van der Waals surface area contributed by atoms with Crippen molar-refractivity contribution in [2.24, 2.45) is 4.99 Å². The molecule has 0 spiro atoms. The molecule has 0 aliphatic carbocycles. The van der Waals surface area contributed by atoms with Crippen LogP contribution >= 0.6 is 0 Å². The smallest absolute Gasteiger partial charge is 0.217 e. The van der Waals surface area contributed by atoms with Crippen molar-refractivity contribution in [2.45, 2.75) is 19.4 Å². The summed E-state index contributed by atoms with van der Waals surface area (Å²) in [4.78, 5) is 4.84. The minimum Gasteiger partial charge on any atom is -0.496 e. The molecule has 184 valence electrons. The van der Waals surface area contributed by atoms with Gasteiger partial charge in [0.25, 0.3) is 0 Å². The van der Waals surface area contributed by atoms with Gasteiger partial charge in [0.05, 0.1) is 32.4 Å². The lowest BCUT2D eigenvalue weighted by molar-refractivity contribution is 0.0522. The van der Waals surface area contributed by atoms with E-state index >= 15 is 0 Å². The van der Waals surface area contributed by atoms with E-state index in [0.29, 0.717) is 35.5 Å². The first-order valence-corrected chi connectivity index (χ1v) is 11.2. The van der Waals surface area contributed by atoms with Crippen molar-refractivity contribution in [3.63, 3.8) is 0 Å². The third-order valence-electron chi connectivity index (χ3n) is 5.84. The molecule has 0 fully saturated rings. The summed E-state index contributed by atoms with van der Waals surface area (Å²) >= 11 is 0. The molecule has 7 heteroatoms. The number of fused-ring (bicyclic) bond motifs is 1. The highest BCUT2D eigenvalue weighted by atomic mass is 16.7. The molecule has 3 aromatic rings. The maximum absolute atomic E-state index is 6.06. The Morgan fingerprint density at radius 2 is 1.69 bits per heavy atom. The fourth-order valence-electron chi connectivity index (χ4n) is 4.26. The molecule has 1 aliphatic rings. The lowest BCUT2D eigenvalue weighted by Gasteiger charge is -2.22. The van der Waals surface area contributed by atoms with Gasteiger partial charge in [0.1, 0.15) is 29.6 Å². The van der Waals surface area contributed by atoms with Crippen LogP contribution in [-0.2, 0) is 9.47 Å². The van der Waals surface area contributed by atoms with E-state index in [0.717, 1.165) is 33.0 Å². The first-order valence-electron chi connectivity index (χ1n) is 11.2. The Hall–Kier alpha value is -3.71. The van der Waals surface area contributed by atoms with Gasteiger partial charge < -0.3 is 28.4 Å². The highest BCUT2D eigenvalue weighted by Crippen LogP contribution is 2.50. The molecule has 0 N–H and O–H groups in total. The quantitative estimate of drug-likeness (QED) is 0.368. The summed E-state index contributed by atoms with van der Waals surface area (Å²) in [7, 11) is 6.48. The summed E-state index contributed by atoms with van der Waals surface area (Å²) < 4.78 is 34.8. The van der Waals surface area contributed by atoms with Gasteiger partial charge in [-0.2, -0.15) is 0 Å². The molecule has 0 aromatic heterocycles. The van der Waals surface area contributed by atoms with E-state index in [1.807, 2.05) is 50.2 Å². The van der Waals surface area contributed by atoms with Crippen LogP contribution in [0.2, 0.25) is 0 Å². The molecule has 7 nitrogen and oxygen atoms in total. The molecule has 35 heavy (non-hydrogen) atoms. The summed E-state index contributed by atoms with van der Waals surface area (Å²) in [5, 5.41) is 1.69. The number of aliphatic imine (C=N–C) groups is 1. The second kappa shape index (κ2) is 9.88. The van der Waals surface area contributed by atoms with Gasteiger partial charge in [-0.1, -0.05) is 24.8 Å². The van der Waals surface area contributed by atoms with Crippen molar-refractivity contribution in [3.8, 4) is 34.1 Å². The van der Waals surface area contributed by atoms with E-state index in [1.165, 1.54) is 0 Å². The minimum atomic E-state index is -0.338. The van der Waals surface area contributed by atoms with Gasteiger partial charge in [-0.15, -0.1) is 0 Å². The SMILES string of the molecule is C=Cc1cc(OC)c(-c2c(OC)cc3c(OCOC)cccc3c2OC)c(C2=NC(C)(C)CO2)c1. The second-order valence-electron chi connectivity index (χ2n) is 8.76. The Morgan fingerprint density at radius 1 is 0.943 bits per heavy atom. The molecule has 0 atom stereocenters. The Morgan fingerprint density at radius 3 is 2.29 bits per heavy atom. The number of hydrogen-bond donors (Lipinski definition) is 0. The number of nitrogens with zero attached hydrogens (tertiary/aromatic N) is 1. The van der Waals surface area contributed by atoms with Crippen molar-refractivity contribution in [1.29, 1.82) is 0 Å². The number of rotatable bonds is 9. The van der Waals surface area contributed by atoms with Gasteiger partial charge in [0, 0.05) is 29.0 Å². The molecule has 4 rings (SSSR count). The molecule has 0 saturated carbocycles. The Bertz CT molecular complexity index is 1290. The molecule has 0 amide bonds. The summed E-state index contributed by atoms with van der Waals surface area (Å²) in [5.74, 6) is 3.02. The first kappa shape index (κ1) is 24.4. The van der Waals surface area contributed by atoms with E-state index in [9.17, 15) is 0 Å². The maximum Gasteiger partial charge on any atom is 0.217 e. The fourth-order valence-corrected chi connectivity index (χ4v) is 4.26. The predicted molar refractivity (Wildman–Crippen MR) is 138 cm³/mol. The van der Waals surface area contributed by atoms with Crippen LogP contribution in [0.1, 0.15) is 25.0 Å². The zero-order chi connectivity index (χ0) is 25.2. The monoisotopic (exact) mass is 477 g/mol.